The summed E-state index contributed by atoms with van der Waals surface area (Å²) in [6.45, 7) is 2.71. The molecule has 0 atom stereocenters. The third-order valence-electron chi connectivity index (χ3n) is 4.43. The molecule has 26 heavy (non-hydrogen) atoms. The summed E-state index contributed by atoms with van der Waals surface area (Å²) in [6, 6.07) is 20.0. The number of nitrogens with zero attached hydrogens (tertiary/aromatic N) is 3. The molecule has 4 rings (SSSR count). The zero-order valence-corrected chi connectivity index (χ0v) is 14.6. The fourth-order valence-corrected chi connectivity index (χ4v) is 3.04. The van der Waals surface area contributed by atoms with Gasteiger partial charge in [-0.05, 0) is 48.7 Å². The number of hydrogen-bond acceptors (Lipinski definition) is 5. The van der Waals surface area contributed by atoms with Crippen LogP contribution < -0.4 is 15.0 Å². The number of ether oxygens (including phenoxy) is 1. The number of benzene rings is 2. The van der Waals surface area contributed by atoms with E-state index in [0.29, 0.717) is 12.6 Å². The Balaban J connectivity index is 1.37. The summed E-state index contributed by atoms with van der Waals surface area (Å²) in [7, 11) is 0. The average molecular weight is 346 g/mol. The van der Waals surface area contributed by atoms with E-state index >= 15 is 0 Å². The predicted molar refractivity (Wildman–Crippen MR) is 104 cm³/mol. The summed E-state index contributed by atoms with van der Waals surface area (Å²) in [5.41, 5.74) is 2.09. The van der Waals surface area contributed by atoms with Gasteiger partial charge in [-0.1, -0.05) is 30.3 Å². The highest BCUT2D eigenvalue weighted by atomic mass is 16.5. The quantitative estimate of drug-likeness (QED) is 0.717. The molecule has 2 aromatic carbocycles. The SMILES string of the molecule is c1ccc(COc2ccc(Nc3nccc(N4CCCC4)n3)cc2)cc1. The molecular formula is C21H22N4O. The zero-order valence-electron chi connectivity index (χ0n) is 14.6. The van der Waals surface area contributed by atoms with E-state index in [1.807, 2.05) is 48.5 Å². The molecule has 0 radical (unpaired) electrons. The summed E-state index contributed by atoms with van der Waals surface area (Å²) in [5.74, 6) is 2.45. The molecule has 1 fully saturated rings. The predicted octanol–water partition coefficient (Wildman–Crippen LogP) is 4.40. The van der Waals surface area contributed by atoms with Gasteiger partial charge in [0.2, 0.25) is 5.95 Å². The molecule has 132 valence electrons. The van der Waals surface area contributed by atoms with Crippen molar-refractivity contribution >= 4 is 17.5 Å². The maximum atomic E-state index is 5.82. The van der Waals surface area contributed by atoms with Crippen molar-refractivity contribution in [3.63, 3.8) is 0 Å². The molecular weight excluding hydrogens is 324 g/mol. The minimum Gasteiger partial charge on any atom is -0.489 e. The molecule has 0 amide bonds. The Hall–Kier alpha value is -3.08. The first-order chi connectivity index (χ1) is 12.9. The van der Waals surface area contributed by atoms with Gasteiger partial charge < -0.3 is 15.0 Å². The molecule has 5 heteroatoms. The minimum atomic E-state index is 0.564. The van der Waals surface area contributed by atoms with Crippen LogP contribution in [0.2, 0.25) is 0 Å². The van der Waals surface area contributed by atoms with Gasteiger partial charge in [-0.3, -0.25) is 0 Å². The van der Waals surface area contributed by atoms with Crippen LogP contribution >= 0.6 is 0 Å². The Bertz CT molecular complexity index is 830. The minimum absolute atomic E-state index is 0.564. The van der Waals surface area contributed by atoms with E-state index < -0.39 is 0 Å². The largest absolute Gasteiger partial charge is 0.489 e. The van der Waals surface area contributed by atoms with Crippen LogP contribution in [-0.2, 0) is 6.61 Å². The summed E-state index contributed by atoms with van der Waals surface area (Å²) < 4.78 is 5.82. The molecule has 3 aromatic rings. The number of aromatic nitrogens is 2. The van der Waals surface area contributed by atoms with E-state index in [9.17, 15) is 0 Å². The van der Waals surface area contributed by atoms with Gasteiger partial charge in [0.1, 0.15) is 18.2 Å². The number of rotatable bonds is 6. The van der Waals surface area contributed by atoms with E-state index in [2.05, 4.69) is 32.3 Å². The standard InChI is InChI=1S/C21H22N4O/c1-2-6-17(7-3-1)16-26-19-10-8-18(9-11-19)23-21-22-13-12-20(24-21)25-14-4-5-15-25/h1-3,6-13H,4-5,14-16H2,(H,22,23,24). The van der Waals surface area contributed by atoms with Crippen molar-refractivity contribution in [2.45, 2.75) is 19.4 Å². The van der Waals surface area contributed by atoms with E-state index in [0.717, 1.165) is 35.9 Å². The van der Waals surface area contributed by atoms with Crippen molar-refractivity contribution in [2.24, 2.45) is 0 Å². The Morgan fingerprint density at radius 3 is 2.46 bits per heavy atom. The molecule has 0 saturated carbocycles. The normalized spacial score (nSPS) is 13.6. The molecule has 2 heterocycles. The maximum absolute atomic E-state index is 5.82. The van der Waals surface area contributed by atoms with Crippen molar-refractivity contribution < 1.29 is 4.74 Å². The first-order valence-corrected chi connectivity index (χ1v) is 8.99. The molecule has 1 aliphatic heterocycles. The van der Waals surface area contributed by atoms with E-state index in [4.69, 9.17) is 4.74 Å². The van der Waals surface area contributed by atoms with Crippen molar-refractivity contribution in [1.82, 2.24) is 9.97 Å². The van der Waals surface area contributed by atoms with Gasteiger partial charge in [0.15, 0.2) is 0 Å². The first-order valence-electron chi connectivity index (χ1n) is 8.99. The van der Waals surface area contributed by atoms with Gasteiger partial charge in [0.25, 0.3) is 0 Å². The Morgan fingerprint density at radius 2 is 1.69 bits per heavy atom. The third kappa shape index (κ3) is 4.11. The lowest BCUT2D eigenvalue weighted by molar-refractivity contribution is 0.306. The van der Waals surface area contributed by atoms with Crippen molar-refractivity contribution in [1.29, 1.82) is 0 Å². The smallest absolute Gasteiger partial charge is 0.229 e. The van der Waals surface area contributed by atoms with Crippen molar-refractivity contribution in [2.75, 3.05) is 23.3 Å². The van der Waals surface area contributed by atoms with E-state index in [1.165, 1.54) is 12.8 Å². The number of hydrogen-bond donors (Lipinski definition) is 1. The monoisotopic (exact) mass is 346 g/mol. The van der Waals surface area contributed by atoms with Crippen LogP contribution in [0.5, 0.6) is 5.75 Å². The van der Waals surface area contributed by atoms with Crippen molar-refractivity contribution in [3.8, 4) is 5.75 Å². The highest BCUT2D eigenvalue weighted by molar-refractivity contribution is 5.56. The number of nitrogens with one attached hydrogen (secondary N) is 1. The van der Waals surface area contributed by atoms with Crippen molar-refractivity contribution in [3.05, 3.63) is 72.4 Å². The molecule has 1 aliphatic rings. The summed E-state index contributed by atoms with van der Waals surface area (Å²) in [4.78, 5) is 11.2. The molecule has 1 N–H and O–H groups in total. The van der Waals surface area contributed by atoms with Crippen LogP contribution in [0.15, 0.2) is 66.9 Å². The first kappa shape index (κ1) is 16.4. The number of anilines is 3. The Labute approximate surface area is 153 Å². The molecule has 0 aliphatic carbocycles. The van der Waals surface area contributed by atoms with Gasteiger partial charge >= 0.3 is 0 Å². The highest BCUT2D eigenvalue weighted by Crippen LogP contribution is 2.22. The van der Waals surface area contributed by atoms with Gasteiger partial charge in [-0.15, -0.1) is 0 Å². The lowest BCUT2D eigenvalue weighted by atomic mass is 10.2. The van der Waals surface area contributed by atoms with E-state index in [-0.39, 0.29) is 0 Å². The van der Waals surface area contributed by atoms with Gasteiger partial charge in [-0.2, -0.15) is 4.98 Å². The molecule has 0 unspecified atom stereocenters. The van der Waals surface area contributed by atoms with Gasteiger partial charge in [-0.25, -0.2) is 4.98 Å². The summed E-state index contributed by atoms with van der Waals surface area (Å²) >= 11 is 0. The van der Waals surface area contributed by atoms with Crippen LogP contribution in [0, 0.1) is 0 Å². The molecule has 1 aromatic heterocycles. The second-order valence-electron chi connectivity index (χ2n) is 6.36. The average Bonchev–Trinajstić information content (AvgIpc) is 3.23. The Kier molecular flexibility index (Phi) is 4.96. The molecule has 1 saturated heterocycles. The summed E-state index contributed by atoms with van der Waals surface area (Å²) in [6.07, 6.45) is 4.27. The molecule has 0 spiro atoms. The van der Waals surface area contributed by atoms with Crippen LogP contribution in [0.4, 0.5) is 17.5 Å². The maximum Gasteiger partial charge on any atom is 0.229 e. The summed E-state index contributed by atoms with van der Waals surface area (Å²) in [5, 5.41) is 3.26. The second-order valence-corrected chi connectivity index (χ2v) is 6.36. The zero-order chi connectivity index (χ0) is 17.6. The fourth-order valence-electron chi connectivity index (χ4n) is 3.04. The van der Waals surface area contributed by atoms with Crippen LogP contribution in [0.25, 0.3) is 0 Å². The fraction of sp³-hybridized carbons (Fsp3) is 0.238. The molecule has 5 nitrogen and oxygen atoms in total. The second kappa shape index (κ2) is 7.87. The van der Waals surface area contributed by atoms with E-state index in [1.54, 1.807) is 6.20 Å². The lowest BCUT2D eigenvalue weighted by Crippen LogP contribution is -2.19. The Morgan fingerprint density at radius 1 is 0.923 bits per heavy atom. The molecule has 0 bridgehead atoms. The highest BCUT2D eigenvalue weighted by Gasteiger charge is 2.14. The van der Waals surface area contributed by atoms with Gasteiger partial charge in [0, 0.05) is 25.0 Å². The third-order valence-corrected chi connectivity index (χ3v) is 4.43. The van der Waals surface area contributed by atoms with Crippen LogP contribution in [0.3, 0.4) is 0 Å². The lowest BCUT2D eigenvalue weighted by Gasteiger charge is -2.16. The van der Waals surface area contributed by atoms with Gasteiger partial charge in [0.05, 0.1) is 0 Å². The van der Waals surface area contributed by atoms with Crippen LogP contribution in [0.1, 0.15) is 18.4 Å². The topological polar surface area (TPSA) is 50.3 Å². The van der Waals surface area contributed by atoms with Crippen LogP contribution in [-0.4, -0.2) is 23.1 Å².